The van der Waals surface area contributed by atoms with Gasteiger partial charge in [0.1, 0.15) is 5.75 Å². The Morgan fingerprint density at radius 2 is 1.95 bits per heavy atom. The Labute approximate surface area is 125 Å². The molecule has 1 aromatic carbocycles. The largest absolute Gasteiger partial charge is 0.496 e. The molecule has 3 heteroatoms. The van der Waals surface area contributed by atoms with Gasteiger partial charge < -0.3 is 9.64 Å². The standard InChI is InChI=1S/C16H24BrNO/c1-18(13-16(12-17)9-5-6-10-16)11-14-7-3-4-8-15(14)19-2/h3-4,7-8H,5-6,9-13H2,1-2H3. The third kappa shape index (κ3) is 3.73. The maximum atomic E-state index is 5.43. The van der Waals surface area contributed by atoms with Gasteiger partial charge in [0, 0.05) is 24.0 Å². The van der Waals surface area contributed by atoms with Crippen molar-refractivity contribution in [2.75, 3.05) is 26.0 Å². The van der Waals surface area contributed by atoms with Crippen molar-refractivity contribution in [1.82, 2.24) is 4.90 Å². The van der Waals surface area contributed by atoms with Crippen molar-refractivity contribution in [3.05, 3.63) is 29.8 Å². The second-order valence-corrected chi connectivity index (χ2v) is 6.39. The SMILES string of the molecule is COc1ccccc1CN(C)CC1(CBr)CCCC1. The van der Waals surface area contributed by atoms with E-state index in [4.69, 9.17) is 4.74 Å². The molecule has 0 atom stereocenters. The molecule has 0 unspecified atom stereocenters. The number of alkyl halides is 1. The first kappa shape index (κ1) is 14.9. The van der Waals surface area contributed by atoms with Crippen molar-refractivity contribution in [2.45, 2.75) is 32.2 Å². The summed E-state index contributed by atoms with van der Waals surface area (Å²) in [7, 11) is 3.96. The lowest BCUT2D eigenvalue weighted by atomic mass is 9.88. The van der Waals surface area contributed by atoms with Crippen LogP contribution >= 0.6 is 15.9 Å². The lowest BCUT2D eigenvalue weighted by molar-refractivity contribution is 0.195. The topological polar surface area (TPSA) is 12.5 Å². The van der Waals surface area contributed by atoms with Crippen LogP contribution in [0.25, 0.3) is 0 Å². The van der Waals surface area contributed by atoms with Crippen molar-refractivity contribution < 1.29 is 4.74 Å². The van der Waals surface area contributed by atoms with Crippen LogP contribution in [0.5, 0.6) is 5.75 Å². The first-order chi connectivity index (χ1) is 9.19. The van der Waals surface area contributed by atoms with Crippen molar-refractivity contribution >= 4 is 15.9 Å². The van der Waals surface area contributed by atoms with E-state index >= 15 is 0 Å². The summed E-state index contributed by atoms with van der Waals surface area (Å²) in [6.07, 6.45) is 5.48. The van der Waals surface area contributed by atoms with Gasteiger partial charge in [0.25, 0.3) is 0 Å². The van der Waals surface area contributed by atoms with Gasteiger partial charge in [0.2, 0.25) is 0 Å². The minimum absolute atomic E-state index is 0.483. The zero-order chi connectivity index (χ0) is 13.7. The quantitative estimate of drug-likeness (QED) is 0.730. The molecule has 0 aromatic heterocycles. The smallest absolute Gasteiger partial charge is 0.123 e. The molecule has 0 amide bonds. The Bertz CT molecular complexity index is 401. The molecule has 0 heterocycles. The van der Waals surface area contributed by atoms with Crippen molar-refractivity contribution in [3.63, 3.8) is 0 Å². The summed E-state index contributed by atoms with van der Waals surface area (Å²) >= 11 is 3.72. The molecule has 0 N–H and O–H groups in total. The molecule has 2 rings (SSSR count). The van der Waals surface area contributed by atoms with Crippen LogP contribution in [0.3, 0.4) is 0 Å². The molecule has 1 saturated carbocycles. The average Bonchev–Trinajstić information content (AvgIpc) is 2.88. The van der Waals surface area contributed by atoms with Crippen LogP contribution in [-0.2, 0) is 6.54 Å². The van der Waals surface area contributed by atoms with E-state index in [0.29, 0.717) is 5.41 Å². The fourth-order valence-corrected chi connectivity index (χ4v) is 3.95. The first-order valence-corrected chi connectivity index (χ1v) is 8.18. The van der Waals surface area contributed by atoms with E-state index in [1.54, 1.807) is 7.11 Å². The molecule has 0 aliphatic heterocycles. The lowest BCUT2D eigenvalue weighted by Crippen LogP contribution is -2.34. The average molecular weight is 326 g/mol. The Morgan fingerprint density at radius 3 is 2.58 bits per heavy atom. The molecule has 0 radical (unpaired) electrons. The fourth-order valence-electron chi connectivity index (χ4n) is 3.21. The predicted molar refractivity (Wildman–Crippen MR) is 84.0 cm³/mol. The summed E-state index contributed by atoms with van der Waals surface area (Å²) in [5.41, 5.74) is 1.76. The number of halogens is 1. The zero-order valence-electron chi connectivity index (χ0n) is 12.0. The maximum absolute atomic E-state index is 5.43. The summed E-state index contributed by atoms with van der Waals surface area (Å²) in [5.74, 6) is 0.994. The molecule has 2 nitrogen and oxygen atoms in total. The third-order valence-electron chi connectivity index (χ3n) is 4.19. The zero-order valence-corrected chi connectivity index (χ0v) is 13.6. The van der Waals surface area contributed by atoms with Gasteiger partial charge in [0.15, 0.2) is 0 Å². The molecule has 0 saturated heterocycles. The molecule has 1 aliphatic carbocycles. The van der Waals surface area contributed by atoms with Crippen LogP contribution in [0, 0.1) is 5.41 Å². The lowest BCUT2D eigenvalue weighted by Gasteiger charge is -2.32. The number of nitrogens with zero attached hydrogens (tertiary/aromatic N) is 1. The normalized spacial score (nSPS) is 17.9. The fraction of sp³-hybridized carbons (Fsp3) is 0.625. The number of para-hydroxylation sites is 1. The highest BCUT2D eigenvalue weighted by atomic mass is 79.9. The van der Waals surface area contributed by atoms with Crippen molar-refractivity contribution in [3.8, 4) is 5.75 Å². The van der Waals surface area contributed by atoms with Gasteiger partial charge in [-0.2, -0.15) is 0 Å². The van der Waals surface area contributed by atoms with Crippen LogP contribution in [0.1, 0.15) is 31.2 Å². The Hall–Kier alpha value is -0.540. The molecule has 19 heavy (non-hydrogen) atoms. The maximum Gasteiger partial charge on any atom is 0.123 e. The summed E-state index contributed by atoms with van der Waals surface area (Å²) < 4.78 is 5.43. The predicted octanol–water partition coefficient (Wildman–Crippen LogP) is 4.08. The second-order valence-electron chi connectivity index (χ2n) is 5.82. The number of methoxy groups -OCH3 is 1. The van der Waals surface area contributed by atoms with E-state index in [2.05, 4.69) is 40.0 Å². The number of hydrogen-bond acceptors (Lipinski definition) is 2. The van der Waals surface area contributed by atoms with E-state index in [1.165, 1.54) is 31.2 Å². The van der Waals surface area contributed by atoms with Gasteiger partial charge in [-0.3, -0.25) is 0 Å². The Kier molecular flexibility index (Phi) is 5.28. The van der Waals surface area contributed by atoms with Gasteiger partial charge in [-0.25, -0.2) is 0 Å². The van der Waals surface area contributed by atoms with Crippen molar-refractivity contribution in [2.24, 2.45) is 5.41 Å². The Balaban J connectivity index is 1.98. The van der Waals surface area contributed by atoms with Crippen LogP contribution in [-0.4, -0.2) is 30.9 Å². The van der Waals surface area contributed by atoms with Gasteiger partial charge in [0.05, 0.1) is 7.11 Å². The molecule has 106 valence electrons. The van der Waals surface area contributed by atoms with Crippen LogP contribution in [0.4, 0.5) is 0 Å². The third-order valence-corrected chi connectivity index (χ3v) is 5.38. The van der Waals surface area contributed by atoms with E-state index in [-0.39, 0.29) is 0 Å². The van der Waals surface area contributed by atoms with Crippen LogP contribution in [0.2, 0.25) is 0 Å². The van der Waals surface area contributed by atoms with Crippen LogP contribution < -0.4 is 4.74 Å². The Morgan fingerprint density at radius 1 is 1.26 bits per heavy atom. The van der Waals surface area contributed by atoms with Gasteiger partial charge in [-0.15, -0.1) is 0 Å². The number of benzene rings is 1. The number of hydrogen-bond donors (Lipinski definition) is 0. The highest BCUT2D eigenvalue weighted by Gasteiger charge is 2.33. The van der Waals surface area contributed by atoms with E-state index in [0.717, 1.165) is 24.2 Å². The molecule has 1 aromatic rings. The summed E-state index contributed by atoms with van der Waals surface area (Å²) in [5, 5.41) is 1.12. The summed E-state index contributed by atoms with van der Waals surface area (Å²) in [6.45, 7) is 2.12. The summed E-state index contributed by atoms with van der Waals surface area (Å²) in [4.78, 5) is 2.43. The molecular formula is C16H24BrNO. The van der Waals surface area contributed by atoms with Gasteiger partial charge >= 0.3 is 0 Å². The molecule has 0 spiro atoms. The van der Waals surface area contributed by atoms with E-state index in [1.807, 2.05) is 12.1 Å². The van der Waals surface area contributed by atoms with Gasteiger partial charge in [-0.05, 0) is 31.4 Å². The highest BCUT2D eigenvalue weighted by molar-refractivity contribution is 9.09. The van der Waals surface area contributed by atoms with E-state index < -0.39 is 0 Å². The minimum atomic E-state index is 0.483. The monoisotopic (exact) mass is 325 g/mol. The molecule has 1 fully saturated rings. The van der Waals surface area contributed by atoms with Crippen molar-refractivity contribution in [1.29, 1.82) is 0 Å². The summed E-state index contributed by atoms with van der Waals surface area (Å²) in [6, 6.07) is 8.31. The minimum Gasteiger partial charge on any atom is -0.496 e. The molecular weight excluding hydrogens is 302 g/mol. The van der Waals surface area contributed by atoms with E-state index in [9.17, 15) is 0 Å². The molecule has 0 bridgehead atoms. The van der Waals surface area contributed by atoms with Crippen LogP contribution in [0.15, 0.2) is 24.3 Å². The number of rotatable bonds is 6. The molecule has 1 aliphatic rings. The highest BCUT2D eigenvalue weighted by Crippen LogP contribution is 2.40. The second kappa shape index (κ2) is 6.76. The van der Waals surface area contributed by atoms with Gasteiger partial charge in [-0.1, -0.05) is 47.0 Å². The number of ether oxygens (including phenoxy) is 1. The first-order valence-electron chi connectivity index (χ1n) is 7.05.